The lowest BCUT2D eigenvalue weighted by molar-refractivity contribution is 0.0950. The largest absolute Gasteiger partial charge is 0.369 e. The quantitative estimate of drug-likeness (QED) is 0.857. The Morgan fingerprint density at radius 3 is 2.86 bits per heavy atom. The Balaban J connectivity index is 1.97. The molecule has 0 fully saturated rings. The Kier molecular flexibility index (Phi) is 5.16. The molecular formula is C14H17ClN4O2. The first-order valence-electron chi connectivity index (χ1n) is 6.70. The van der Waals surface area contributed by atoms with E-state index < -0.39 is 0 Å². The molecule has 2 heterocycles. The topological polar surface area (TPSA) is 80.0 Å². The molecule has 2 N–H and O–H groups in total. The summed E-state index contributed by atoms with van der Waals surface area (Å²) in [5, 5.41) is 10.1. The van der Waals surface area contributed by atoms with E-state index >= 15 is 0 Å². The third-order valence-corrected chi connectivity index (χ3v) is 3.04. The van der Waals surface area contributed by atoms with E-state index in [1.165, 1.54) is 6.20 Å². The van der Waals surface area contributed by atoms with Crippen LogP contribution in [0.15, 0.2) is 22.9 Å². The van der Waals surface area contributed by atoms with Gasteiger partial charge in [0, 0.05) is 18.8 Å². The molecule has 0 spiro atoms. The highest BCUT2D eigenvalue weighted by Crippen LogP contribution is 2.20. The first kappa shape index (κ1) is 15.3. The van der Waals surface area contributed by atoms with Crippen LogP contribution < -0.4 is 10.6 Å². The predicted octanol–water partition coefficient (Wildman–Crippen LogP) is 2.78. The van der Waals surface area contributed by atoms with Gasteiger partial charge in [0.25, 0.3) is 5.91 Å². The molecule has 21 heavy (non-hydrogen) atoms. The van der Waals surface area contributed by atoms with Crippen LogP contribution in [0.2, 0.25) is 5.02 Å². The average molecular weight is 309 g/mol. The minimum absolute atomic E-state index is 0.257. The fourth-order valence-electron chi connectivity index (χ4n) is 1.71. The van der Waals surface area contributed by atoms with Crippen molar-refractivity contribution < 1.29 is 9.32 Å². The smallest absolute Gasteiger partial charge is 0.253 e. The molecule has 2 aromatic rings. The third-order valence-electron chi connectivity index (χ3n) is 2.75. The minimum Gasteiger partial charge on any atom is -0.369 e. The number of carbonyl (C=O) groups is 1. The second-order valence-electron chi connectivity index (χ2n) is 4.59. The molecule has 0 unspecified atom stereocenters. The normalized spacial score (nSPS) is 10.4. The SMILES string of the molecule is CCCNc1ncc(C(=O)NCc2cc(C)on2)cc1Cl. The van der Waals surface area contributed by atoms with Crippen molar-refractivity contribution in [3.63, 3.8) is 0 Å². The van der Waals surface area contributed by atoms with Gasteiger partial charge in [-0.2, -0.15) is 0 Å². The maximum atomic E-state index is 12.0. The summed E-state index contributed by atoms with van der Waals surface area (Å²) in [6, 6.07) is 3.36. The van der Waals surface area contributed by atoms with Gasteiger partial charge in [-0.15, -0.1) is 0 Å². The number of aryl methyl sites for hydroxylation is 1. The zero-order chi connectivity index (χ0) is 15.2. The monoisotopic (exact) mass is 308 g/mol. The maximum Gasteiger partial charge on any atom is 0.253 e. The third kappa shape index (κ3) is 4.19. The van der Waals surface area contributed by atoms with Crippen LogP contribution in [0.3, 0.4) is 0 Å². The lowest BCUT2D eigenvalue weighted by atomic mass is 10.2. The molecular weight excluding hydrogens is 292 g/mol. The van der Waals surface area contributed by atoms with Crippen molar-refractivity contribution in [1.29, 1.82) is 0 Å². The van der Waals surface area contributed by atoms with Gasteiger partial charge in [-0.3, -0.25) is 4.79 Å². The van der Waals surface area contributed by atoms with Gasteiger partial charge in [-0.25, -0.2) is 4.98 Å². The van der Waals surface area contributed by atoms with E-state index in [-0.39, 0.29) is 5.91 Å². The van der Waals surface area contributed by atoms with E-state index in [1.54, 1.807) is 19.1 Å². The Hall–Kier alpha value is -2.08. The summed E-state index contributed by atoms with van der Waals surface area (Å²) in [7, 11) is 0. The highest BCUT2D eigenvalue weighted by molar-refractivity contribution is 6.33. The van der Waals surface area contributed by atoms with E-state index in [4.69, 9.17) is 16.1 Å². The van der Waals surface area contributed by atoms with Crippen LogP contribution in [-0.2, 0) is 6.54 Å². The van der Waals surface area contributed by atoms with Crippen LogP contribution in [0.1, 0.15) is 35.2 Å². The summed E-state index contributed by atoms with van der Waals surface area (Å²) in [4.78, 5) is 16.2. The second kappa shape index (κ2) is 7.08. The van der Waals surface area contributed by atoms with Gasteiger partial charge in [-0.05, 0) is 19.4 Å². The van der Waals surface area contributed by atoms with E-state index in [2.05, 4.69) is 20.8 Å². The van der Waals surface area contributed by atoms with E-state index in [9.17, 15) is 4.79 Å². The molecule has 0 aliphatic carbocycles. The summed E-state index contributed by atoms with van der Waals surface area (Å²) >= 11 is 6.10. The summed E-state index contributed by atoms with van der Waals surface area (Å²) in [6.07, 6.45) is 2.46. The maximum absolute atomic E-state index is 12.0. The molecule has 0 atom stereocenters. The zero-order valence-corrected chi connectivity index (χ0v) is 12.7. The molecule has 0 aliphatic heterocycles. The molecule has 0 saturated heterocycles. The Morgan fingerprint density at radius 2 is 2.24 bits per heavy atom. The fourth-order valence-corrected chi connectivity index (χ4v) is 1.94. The number of nitrogens with zero attached hydrogens (tertiary/aromatic N) is 2. The van der Waals surface area contributed by atoms with Crippen LogP contribution >= 0.6 is 11.6 Å². The van der Waals surface area contributed by atoms with Gasteiger partial charge in [0.2, 0.25) is 0 Å². The summed E-state index contributed by atoms with van der Waals surface area (Å²) in [5.74, 6) is 1.03. The van der Waals surface area contributed by atoms with Gasteiger partial charge in [-0.1, -0.05) is 23.7 Å². The average Bonchev–Trinajstić information content (AvgIpc) is 2.89. The van der Waals surface area contributed by atoms with E-state index in [0.29, 0.717) is 34.4 Å². The molecule has 2 aromatic heterocycles. The van der Waals surface area contributed by atoms with Crippen molar-refractivity contribution >= 4 is 23.3 Å². The van der Waals surface area contributed by atoms with Crippen molar-refractivity contribution in [2.45, 2.75) is 26.8 Å². The van der Waals surface area contributed by atoms with Crippen LogP contribution in [0.25, 0.3) is 0 Å². The van der Waals surface area contributed by atoms with Crippen LogP contribution in [-0.4, -0.2) is 22.6 Å². The number of anilines is 1. The van der Waals surface area contributed by atoms with Gasteiger partial charge in [0.15, 0.2) is 0 Å². The summed E-state index contributed by atoms with van der Waals surface area (Å²) < 4.78 is 4.93. The molecule has 0 saturated carbocycles. The first-order chi connectivity index (χ1) is 10.1. The van der Waals surface area contributed by atoms with Crippen molar-refractivity contribution in [2.24, 2.45) is 0 Å². The zero-order valence-electron chi connectivity index (χ0n) is 11.9. The first-order valence-corrected chi connectivity index (χ1v) is 7.07. The molecule has 2 rings (SSSR count). The number of nitrogens with one attached hydrogen (secondary N) is 2. The van der Waals surface area contributed by atoms with Crippen molar-refractivity contribution in [2.75, 3.05) is 11.9 Å². The van der Waals surface area contributed by atoms with Crippen LogP contribution in [0, 0.1) is 6.92 Å². The molecule has 6 nitrogen and oxygen atoms in total. The number of hydrogen-bond donors (Lipinski definition) is 2. The van der Waals surface area contributed by atoms with Gasteiger partial charge in [0.05, 0.1) is 17.1 Å². The summed E-state index contributed by atoms with van der Waals surface area (Å²) in [5.41, 5.74) is 1.07. The number of amides is 1. The molecule has 112 valence electrons. The number of aromatic nitrogens is 2. The van der Waals surface area contributed by atoms with E-state index in [1.807, 2.05) is 6.92 Å². The lowest BCUT2D eigenvalue weighted by Crippen LogP contribution is -2.23. The van der Waals surface area contributed by atoms with Gasteiger partial charge in [0.1, 0.15) is 17.3 Å². The highest BCUT2D eigenvalue weighted by atomic mass is 35.5. The number of hydrogen-bond acceptors (Lipinski definition) is 5. The second-order valence-corrected chi connectivity index (χ2v) is 5.00. The molecule has 0 aromatic carbocycles. The predicted molar refractivity (Wildman–Crippen MR) is 80.4 cm³/mol. The molecule has 0 bridgehead atoms. The van der Waals surface area contributed by atoms with Crippen LogP contribution in [0.5, 0.6) is 0 Å². The van der Waals surface area contributed by atoms with E-state index in [0.717, 1.165) is 13.0 Å². The molecule has 1 amide bonds. The standard InChI is InChI=1S/C14H17ClN4O2/c1-3-4-16-13-12(15)6-10(7-17-13)14(20)18-8-11-5-9(2)21-19-11/h5-7H,3-4,8H2,1-2H3,(H,16,17)(H,18,20). The van der Waals surface area contributed by atoms with Crippen molar-refractivity contribution in [1.82, 2.24) is 15.5 Å². The van der Waals surface area contributed by atoms with Gasteiger partial charge < -0.3 is 15.2 Å². The fraction of sp³-hybridized carbons (Fsp3) is 0.357. The van der Waals surface area contributed by atoms with Crippen LogP contribution in [0.4, 0.5) is 5.82 Å². The Morgan fingerprint density at radius 1 is 1.43 bits per heavy atom. The molecule has 0 aliphatic rings. The highest BCUT2D eigenvalue weighted by Gasteiger charge is 2.10. The Bertz CT molecular complexity index is 627. The Labute approximate surface area is 127 Å². The van der Waals surface area contributed by atoms with Gasteiger partial charge >= 0.3 is 0 Å². The number of pyridine rings is 1. The number of carbonyl (C=O) groups excluding carboxylic acids is 1. The lowest BCUT2D eigenvalue weighted by Gasteiger charge is -2.08. The summed E-state index contributed by atoms with van der Waals surface area (Å²) in [6.45, 7) is 4.92. The molecule has 0 radical (unpaired) electrons. The number of rotatable bonds is 6. The number of halogens is 1. The van der Waals surface area contributed by atoms with Crippen molar-refractivity contribution in [3.8, 4) is 0 Å². The van der Waals surface area contributed by atoms with Crippen molar-refractivity contribution in [3.05, 3.63) is 40.4 Å². The minimum atomic E-state index is -0.257. The molecule has 7 heteroatoms.